The minimum atomic E-state index is -3.87. The third kappa shape index (κ3) is 3.35. The van der Waals surface area contributed by atoms with E-state index in [9.17, 15) is 17.2 Å². The summed E-state index contributed by atoms with van der Waals surface area (Å²) in [5.41, 5.74) is 0. The van der Waals surface area contributed by atoms with Crippen LogP contribution in [0.4, 0.5) is 8.78 Å². The van der Waals surface area contributed by atoms with Crippen molar-refractivity contribution in [3.63, 3.8) is 0 Å². The molecule has 0 spiro atoms. The minimum Gasteiger partial charge on any atom is -0.210 e. The van der Waals surface area contributed by atoms with Gasteiger partial charge < -0.3 is 0 Å². The van der Waals surface area contributed by atoms with Crippen molar-refractivity contribution >= 4 is 32.6 Å². The highest BCUT2D eigenvalue weighted by Gasteiger charge is 2.18. The van der Waals surface area contributed by atoms with Gasteiger partial charge in [-0.3, -0.25) is 0 Å². The van der Waals surface area contributed by atoms with E-state index in [0.29, 0.717) is 10.5 Å². The third-order valence-corrected chi connectivity index (χ3v) is 3.60. The lowest BCUT2D eigenvalue weighted by atomic mass is 10.3. The van der Waals surface area contributed by atoms with Gasteiger partial charge in [-0.15, -0.1) is 0 Å². The van der Waals surface area contributed by atoms with Crippen LogP contribution in [0.15, 0.2) is 23.1 Å². The molecule has 7 heteroatoms. The SMILES string of the molecule is O=S(=O)(NCCI)c1ccc(F)cc1F. The molecule has 0 saturated heterocycles. The van der Waals surface area contributed by atoms with Crippen molar-refractivity contribution in [2.45, 2.75) is 4.90 Å². The van der Waals surface area contributed by atoms with E-state index in [-0.39, 0.29) is 6.54 Å². The van der Waals surface area contributed by atoms with E-state index in [2.05, 4.69) is 4.72 Å². The zero-order chi connectivity index (χ0) is 11.5. The highest BCUT2D eigenvalue weighted by molar-refractivity contribution is 14.1. The van der Waals surface area contributed by atoms with Crippen LogP contribution < -0.4 is 4.72 Å². The lowest BCUT2D eigenvalue weighted by molar-refractivity contribution is 0.544. The van der Waals surface area contributed by atoms with E-state index in [1.807, 2.05) is 22.6 Å². The Kier molecular flexibility index (Phi) is 4.41. The van der Waals surface area contributed by atoms with Crippen LogP contribution in [-0.4, -0.2) is 19.4 Å². The van der Waals surface area contributed by atoms with Gasteiger partial charge in [0.15, 0.2) is 0 Å². The van der Waals surface area contributed by atoms with Gasteiger partial charge in [0.1, 0.15) is 16.5 Å². The smallest absolute Gasteiger partial charge is 0.210 e. The van der Waals surface area contributed by atoms with Crippen LogP contribution in [0.5, 0.6) is 0 Å². The normalized spacial score (nSPS) is 11.7. The van der Waals surface area contributed by atoms with Crippen molar-refractivity contribution in [2.75, 3.05) is 11.0 Å². The summed E-state index contributed by atoms with van der Waals surface area (Å²) in [7, 11) is -3.87. The molecule has 0 fully saturated rings. The second-order valence-corrected chi connectivity index (χ2v) is 5.48. The van der Waals surface area contributed by atoms with Gasteiger partial charge in [0, 0.05) is 17.0 Å². The van der Waals surface area contributed by atoms with Crippen LogP contribution in [0.25, 0.3) is 0 Å². The molecule has 0 aliphatic heterocycles. The molecule has 1 aromatic carbocycles. The first-order valence-corrected chi connectivity index (χ1v) is 6.99. The quantitative estimate of drug-likeness (QED) is 0.666. The Bertz CT molecular complexity index is 450. The lowest BCUT2D eigenvalue weighted by Crippen LogP contribution is -2.26. The Labute approximate surface area is 100 Å². The molecule has 1 rings (SSSR count). The maximum absolute atomic E-state index is 13.1. The van der Waals surface area contributed by atoms with Gasteiger partial charge in [-0.05, 0) is 12.1 Å². The number of hydrogen-bond acceptors (Lipinski definition) is 2. The maximum Gasteiger partial charge on any atom is 0.243 e. The monoisotopic (exact) mass is 347 g/mol. The molecular formula is C8H8F2INO2S. The molecule has 15 heavy (non-hydrogen) atoms. The van der Waals surface area contributed by atoms with Crippen molar-refractivity contribution < 1.29 is 17.2 Å². The average Bonchev–Trinajstić information content (AvgIpc) is 2.14. The summed E-state index contributed by atoms with van der Waals surface area (Å²) in [5.74, 6) is -1.89. The molecule has 0 aliphatic rings. The Morgan fingerprint density at radius 1 is 1.33 bits per heavy atom. The van der Waals surface area contributed by atoms with Crippen LogP contribution >= 0.6 is 22.6 Å². The van der Waals surface area contributed by atoms with E-state index < -0.39 is 26.6 Å². The number of halogens is 3. The zero-order valence-corrected chi connectivity index (χ0v) is 10.5. The van der Waals surface area contributed by atoms with Gasteiger partial charge in [0.2, 0.25) is 10.0 Å². The zero-order valence-electron chi connectivity index (χ0n) is 7.50. The molecular weight excluding hydrogens is 339 g/mol. The van der Waals surface area contributed by atoms with Crippen molar-refractivity contribution in [3.05, 3.63) is 29.8 Å². The molecule has 1 N–H and O–H groups in total. The number of alkyl halides is 1. The fraction of sp³-hybridized carbons (Fsp3) is 0.250. The van der Waals surface area contributed by atoms with E-state index in [1.165, 1.54) is 0 Å². The number of benzene rings is 1. The van der Waals surface area contributed by atoms with Gasteiger partial charge in [0.25, 0.3) is 0 Å². The molecule has 0 heterocycles. The second kappa shape index (κ2) is 5.17. The van der Waals surface area contributed by atoms with Gasteiger partial charge in [-0.1, -0.05) is 22.6 Å². The first-order chi connectivity index (χ1) is 6.97. The molecule has 0 radical (unpaired) electrons. The molecule has 0 unspecified atom stereocenters. The summed E-state index contributed by atoms with van der Waals surface area (Å²) < 4.78 is 51.3. The number of nitrogens with one attached hydrogen (secondary N) is 1. The van der Waals surface area contributed by atoms with Gasteiger partial charge in [-0.25, -0.2) is 21.9 Å². The van der Waals surface area contributed by atoms with E-state index in [0.717, 1.165) is 12.1 Å². The summed E-state index contributed by atoms with van der Waals surface area (Å²) in [6.45, 7) is 0.208. The molecule has 1 aromatic rings. The summed E-state index contributed by atoms with van der Waals surface area (Å²) in [6.07, 6.45) is 0. The summed E-state index contributed by atoms with van der Waals surface area (Å²) >= 11 is 1.98. The second-order valence-electron chi connectivity index (χ2n) is 2.66. The van der Waals surface area contributed by atoms with Crippen molar-refractivity contribution in [3.8, 4) is 0 Å². The van der Waals surface area contributed by atoms with Crippen LogP contribution in [0.2, 0.25) is 0 Å². The van der Waals surface area contributed by atoms with E-state index in [1.54, 1.807) is 0 Å². The lowest BCUT2D eigenvalue weighted by Gasteiger charge is -2.05. The molecule has 0 saturated carbocycles. The predicted molar refractivity (Wildman–Crippen MR) is 60.4 cm³/mol. The number of hydrogen-bond donors (Lipinski definition) is 1. The van der Waals surface area contributed by atoms with Gasteiger partial charge in [0.05, 0.1) is 0 Å². The Morgan fingerprint density at radius 3 is 2.53 bits per heavy atom. The molecule has 84 valence electrons. The highest BCUT2D eigenvalue weighted by Crippen LogP contribution is 2.14. The van der Waals surface area contributed by atoms with Gasteiger partial charge in [-0.2, -0.15) is 0 Å². The highest BCUT2D eigenvalue weighted by atomic mass is 127. The molecule has 0 atom stereocenters. The molecule has 0 bridgehead atoms. The fourth-order valence-electron chi connectivity index (χ4n) is 0.944. The third-order valence-electron chi connectivity index (χ3n) is 1.57. The summed E-state index contributed by atoms with van der Waals surface area (Å²) in [5, 5.41) is 0. The molecule has 0 aliphatic carbocycles. The molecule has 0 amide bonds. The van der Waals surface area contributed by atoms with Crippen LogP contribution in [0.1, 0.15) is 0 Å². The summed E-state index contributed by atoms with van der Waals surface area (Å²) in [6, 6.07) is 2.35. The average molecular weight is 347 g/mol. The first-order valence-electron chi connectivity index (χ1n) is 3.98. The maximum atomic E-state index is 13.1. The van der Waals surface area contributed by atoms with Crippen LogP contribution in [-0.2, 0) is 10.0 Å². The fourth-order valence-corrected chi connectivity index (χ4v) is 2.67. The predicted octanol–water partition coefficient (Wildman–Crippen LogP) is 1.68. The summed E-state index contributed by atoms with van der Waals surface area (Å²) in [4.78, 5) is -0.534. The Morgan fingerprint density at radius 2 is 2.00 bits per heavy atom. The Balaban J connectivity index is 3.05. The van der Waals surface area contributed by atoms with Crippen LogP contribution in [0, 0.1) is 11.6 Å². The Hall–Kier alpha value is -0.280. The van der Waals surface area contributed by atoms with Gasteiger partial charge >= 0.3 is 0 Å². The number of sulfonamides is 1. The molecule has 3 nitrogen and oxygen atoms in total. The topological polar surface area (TPSA) is 46.2 Å². The van der Waals surface area contributed by atoms with Crippen LogP contribution in [0.3, 0.4) is 0 Å². The van der Waals surface area contributed by atoms with E-state index >= 15 is 0 Å². The first kappa shape index (κ1) is 12.8. The number of rotatable bonds is 4. The largest absolute Gasteiger partial charge is 0.243 e. The van der Waals surface area contributed by atoms with Crippen molar-refractivity contribution in [2.24, 2.45) is 0 Å². The molecule has 0 aromatic heterocycles. The van der Waals surface area contributed by atoms with Crippen molar-refractivity contribution in [1.29, 1.82) is 0 Å². The van der Waals surface area contributed by atoms with Crippen molar-refractivity contribution in [1.82, 2.24) is 4.72 Å². The standard InChI is InChI=1S/C8H8F2INO2S/c9-6-1-2-8(7(10)5-6)15(13,14)12-4-3-11/h1-2,5,12H,3-4H2. The minimum absolute atomic E-state index is 0.208. The van der Waals surface area contributed by atoms with E-state index in [4.69, 9.17) is 0 Å².